The molecule has 7 nitrogen and oxygen atoms in total. The molecule has 0 heterocycles. The van der Waals surface area contributed by atoms with Gasteiger partial charge in [-0.2, -0.15) is 0 Å². The van der Waals surface area contributed by atoms with Crippen molar-refractivity contribution in [2.24, 2.45) is 10.9 Å². The van der Waals surface area contributed by atoms with E-state index in [4.69, 9.17) is 9.47 Å². The number of ether oxygens (including phenoxy) is 2. The van der Waals surface area contributed by atoms with Crippen LogP contribution in [0.3, 0.4) is 0 Å². The van der Waals surface area contributed by atoms with Crippen LogP contribution in [-0.2, 0) is 4.79 Å². The lowest BCUT2D eigenvalue weighted by atomic mass is 9.89. The zero-order valence-corrected chi connectivity index (χ0v) is 20.0. The standard InChI is InChI=1S/C21H34N4O3.HI/c1-16(28-19-11-7-10-18(14-19)27-3)15-25-21(22-2)24-13-12-23-20(26)17-8-5-4-6-9-17;/h7,10-11,14,16-17H,4-6,8-9,12-13,15H2,1-3H3,(H,23,26)(H2,22,24,25);1H. The maximum Gasteiger partial charge on any atom is 0.223 e. The first-order valence-electron chi connectivity index (χ1n) is 10.1. The van der Waals surface area contributed by atoms with Crippen LogP contribution in [0.25, 0.3) is 0 Å². The van der Waals surface area contributed by atoms with Crippen molar-refractivity contribution < 1.29 is 14.3 Å². The van der Waals surface area contributed by atoms with E-state index in [1.165, 1.54) is 19.3 Å². The molecule has 1 aliphatic carbocycles. The molecule has 0 aliphatic heterocycles. The lowest BCUT2D eigenvalue weighted by molar-refractivity contribution is -0.125. The first kappa shape index (κ1) is 25.3. The maximum absolute atomic E-state index is 12.1. The number of methoxy groups -OCH3 is 1. The topological polar surface area (TPSA) is 84.0 Å². The number of nitrogens with zero attached hydrogens (tertiary/aromatic N) is 1. The zero-order chi connectivity index (χ0) is 20.2. The number of guanidine groups is 1. The average Bonchev–Trinajstić information content (AvgIpc) is 2.73. The van der Waals surface area contributed by atoms with E-state index in [9.17, 15) is 4.79 Å². The van der Waals surface area contributed by atoms with E-state index < -0.39 is 0 Å². The molecule has 1 atom stereocenters. The van der Waals surface area contributed by atoms with E-state index >= 15 is 0 Å². The molecule has 0 spiro atoms. The minimum atomic E-state index is -0.0448. The highest BCUT2D eigenvalue weighted by molar-refractivity contribution is 14.0. The lowest BCUT2D eigenvalue weighted by Crippen LogP contribution is -2.45. The number of aliphatic imine (C=N–C) groups is 1. The summed E-state index contributed by atoms with van der Waals surface area (Å²) in [7, 11) is 3.36. The Morgan fingerprint density at radius 3 is 2.52 bits per heavy atom. The van der Waals surface area contributed by atoms with E-state index in [-0.39, 0.29) is 41.9 Å². The molecule has 1 aliphatic rings. The van der Waals surface area contributed by atoms with Crippen LogP contribution < -0.4 is 25.4 Å². The van der Waals surface area contributed by atoms with Gasteiger partial charge < -0.3 is 25.4 Å². The van der Waals surface area contributed by atoms with Crippen LogP contribution in [-0.4, -0.2) is 51.8 Å². The average molecular weight is 518 g/mol. The zero-order valence-electron chi connectivity index (χ0n) is 17.7. The van der Waals surface area contributed by atoms with Gasteiger partial charge in [-0.3, -0.25) is 9.79 Å². The van der Waals surface area contributed by atoms with Crippen LogP contribution >= 0.6 is 24.0 Å². The molecule has 8 heteroatoms. The van der Waals surface area contributed by atoms with Gasteiger partial charge >= 0.3 is 0 Å². The number of halogens is 1. The summed E-state index contributed by atoms with van der Waals surface area (Å²) in [6.07, 6.45) is 5.59. The van der Waals surface area contributed by atoms with E-state index in [0.29, 0.717) is 25.6 Å². The molecule has 0 radical (unpaired) electrons. The molecule has 1 aromatic rings. The highest BCUT2D eigenvalue weighted by Gasteiger charge is 2.20. The second-order valence-corrected chi connectivity index (χ2v) is 7.11. The fourth-order valence-electron chi connectivity index (χ4n) is 3.29. The van der Waals surface area contributed by atoms with Crippen molar-refractivity contribution >= 4 is 35.8 Å². The van der Waals surface area contributed by atoms with Crippen LogP contribution in [0.4, 0.5) is 0 Å². The number of carbonyl (C=O) groups is 1. The normalized spacial score (nSPS) is 15.6. The molecule has 1 aromatic carbocycles. The summed E-state index contributed by atoms with van der Waals surface area (Å²) in [5.41, 5.74) is 0. The van der Waals surface area contributed by atoms with E-state index in [1.54, 1.807) is 14.2 Å². The quantitative estimate of drug-likeness (QED) is 0.203. The molecule has 2 rings (SSSR count). The lowest BCUT2D eigenvalue weighted by Gasteiger charge is -2.21. The Balaban J connectivity index is 0.00000420. The molecule has 0 saturated heterocycles. The van der Waals surface area contributed by atoms with E-state index in [1.807, 2.05) is 31.2 Å². The third-order valence-electron chi connectivity index (χ3n) is 4.85. The maximum atomic E-state index is 12.1. The molecule has 1 fully saturated rings. The van der Waals surface area contributed by atoms with Gasteiger partial charge in [-0.25, -0.2) is 0 Å². The Bertz CT molecular complexity index is 636. The van der Waals surface area contributed by atoms with Crippen molar-refractivity contribution in [3.8, 4) is 11.5 Å². The Kier molecular flexibility index (Phi) is 12.5. The Labute approximate surface area is 191 Å². The van der Waals surface area contributed by atoms with Gasteiger partial charge in [0.15, 0.2) is 5.96 Å². The van der Waals surface area contributed by atoms with Gasteiger partial charge in [-0.05, 0) is 31.9 Å². The molecular formula is C21H35IN4O3. The van der Waals surface area contributed by atoms with Crippen molar-refractivity contribution in [2.45, 2.75) is 45.1 Å². The molecular weight excluding hydrogens is 483 g/mol. The summed E-state index contributed by atoms with van der Waals surface area (Å²) in [4.78, 5) is 16.3. The number of rotatable bonds is 9. The second-order valence-electron chi connectivity index (χ2n) is 7.11. The summed E-state index contributed by atoms with van der Waals surface area (Å²) in [6, 6.07) is 7.55. The van der Waals surface area contributed by atoms with Crippen LogP contribution in [0.5, 0.6) is 11.5 Å². The van der Waals surface area contributed by atoms with Crippen LogP contribution in [0.1, 0.15) is 39.0 Å². The third kappa shape index (κ3) is 9.56. The summed E-state index contributed by atoms with van der Waals surface area (Å²) < 4.78 is 11.1. The monoisotopic (exact) mass is 518 g/mol. The number of hydrogen-bond acceptors (Lipinski definition) is 4. The van der Waals surface area contributed by atoms with Gasteiger partial charge in [-0.1, -0.05) is 25.3 Å². The Hall–Kier alpha value is -1.71. The molecule has 29 heavy (non-hydrogen) atoms. The van der Waals surface area contributed by atoms with Gasteiger partial charge in [0, 0.05) is 32.1 Å². The minimum absolute atomic E-state index is 0. The SMILES string of the molecule is CN=C(NCCNC(=O)C1CCCCC1)NCC(C)Oc1cccc(OC)c1.I. The third-order valence-corrected chi connectivity index (χ3v) is 4.85. The van der Waals surface area contributed by atoms with Gasteiger partial charge in [0.25, 0.3) is 0 Å². The summed E-state index contributed by atoms with van der Waals surface area (Å²) in [6.45, 7) is 3.81. The fourth-order valence-corrected chi connectivity index (χ4v) is 3.29. The highest BCUT2D eigenvalue weighted by atomic mass is 127. The molecule has 164 valence electrons. The molecule has 1 amide bonds. The number of hydrogen-bond donors (Lipinski definition) is 3. The van der Waals surface area contributed by atoms with Crippen LogP contribution in [0.15, 0.2) is 29.3 Å². The summed E-state index contributed by atoms with van der Waals surface area (Å²) in [5.74, 6) is 2.60. The Morgan fingerprint density at radius 1 is 1.14 bits per heavy atom. The van der Waals surface area contributed by atoms with Gasteiger partial charge in [0.05, 0.1) is 13.7 Å². The molecule has 1 unspecified atom stereocenters. The van der Waals surface area contributed by atoms with Gasteiger partial charge in [0.1, 0.15) is 17.6 Å². The minimum Gasteiger partial charge on any atom is -0.497 e. The van der Waals surface area contributed by atoms with Crippen molar-refractivity contribution in [3.63, 3.8) is 0 Å². The predicted molar refractivity (Wildman–Crippen MR) is 127 cm³/mol. The predicted octanol–water partition coefficient (Wildman–Crippen LogP) is 2.94. The smallest absolute Gasteiger partial charge is 0.223 e. The van der Waals surface area contributed by atoms with Crippen molar-refractivity contribution in [3.05, 3.63) is 24.3 Å². The summed E-state index contributed by atoms with van der Waals surface area (Å²) in [5, 5.41) is 9.47. The molecule has 3 N–H and O–H groups in total. The number of amides is 1. The van der Waals surface area contributed by atoms with Crippen molar-refractivity contribution in [2.75, 3.05) is 33.8 Å². The number of benzene rings is 1. The van der Waals surface area contributed by atoms with Crippen LogP contribution in [0, 0.1) is 5.92 Å². The van der Waals surface area contributed by atoms with E-state index in [2.05, 4.69) is 20.9 Å². The largest absolute Gasteiger partial charge is 0.497 e. The highest BCUT2D eigenvalue weighted by Crippen LogP contribution is 2.23. The molecule has 0 bridgehead atoms. The summed E-state index contributed by atoms with van der Waals surface area (Å²) >= 11 is 0. The van der Waals surface area contributed by atoms with Gasteiger partial charge in [-0.15, -0.1) is 24.0 Å². The van der Waals surface area contributed by atoms with Crippen molar-refractivity contribution in [1.82, 2.24) is 16.0 Å². The van der Waals surface area contributed by atoms with Gasteiger partial charge in [0.2, 0.25) is 5.91 Å². The Morgan fingerprint density at radius 2 is 1.83 bits per heavy atom. The van der Waals surface area contributed by atoms with E-state index in [0.717, 1.165) is 24.3 Å². The second kappa shape index (κ2) is 14.3. The first-order chi connectivity index (χ1) is 13.6. The van der Waals surface area contributed by atoms with Crippen molar-refractivity contribution in [1.29, 1.82) is 0 Å². The first-order valence-corrected chi connectivity index (χ1v) is 10.1. The number of carbonyl (C=O) groups excluding carboxylic acids is 1. The molecule has 0 aromatic heterocycles. The fraction of sp³-hybridized carbons (Fsp3) is 0.619. The number of nitrogens with one attached hydrogen (secondary N) is 3. The molecule has 1 saturated carbocycles. The van der Waals surface area contributed by atoms with Crippen LogP contribution in [0.2, 0.25) is 0 Å².